The second-order valence-electron chi connectivity index (χ2n) is 12.3. The first-order valence-electron chi connectivity index (χ1n) is 14.2. The largest absolute Gasteiger partial charge is 0.458 e. The number of aromatic nitrogens is 1. The fourth-order valence-electron chi connectivity index (χ4n) is 8.13. The lowest BCUT2D eigenvalue weighted by molar-refractivity contribution is -0.181. The Morgan fingerprint density at radius 2 is 1.90 bits per heavy atom. The molecule has 1 amide bonds. The summed E-state index contributed by atoms with van der Waals surface area (Å²) in [5.41, 5.74) is -1.08. The highest BCUT2D eigenvalue weighted by Crippen LogP contribution is 2.67. The standard InChI is InChI=1S/C31H38N2O7/c1-29-11-7-21(34)15-20(29)3-4-22-23-8-12-31(39,30(23,2)16-24(35)28(22)29)25(36)18-40-27(38)6-5-26(37)33-17-19-9-13-32-14-10-19/h7,9-11,13-15,22-24,28,35,39H,3-6,8,12,16-18H2,1-2H3,(H,33,37)/t22-,23-,24+,28+,29+,30+,31+/m1/s1. The van der Waals surface area contributed by atoms with Gasteiger partial charge in [0.05, 0.1) is 12.5 Å². The van der Waals surface area contributed by atoms with Gasteiger partial charge in [-0.15, -0.1) is 0 Å². The fourth-order valence-corrected chi connectivity index (χ4v) is 8.13. The molecule has 7 atom stereocenters. The lowest BCUT2D eigenvalue weighted by Gasteiger charge is -2.59. The van der Waals surface area contributed by atoms with Crippen LogP contribution in [0.25, 0.3) is 0 Å². The Labute approximate surface area is 234 Å². The Bertz CT molecular complexity index is 1260. The second kappa shape index (κ2) is 10.7. The number of fused-ring (bicyclic) bond motifs is 5. The first-order chi connectivity index (χ1) is 19.0. The van der Waals surface area contributed by atoms with E-state index in [-0.39, 0.29) is 55.1 Å². The SMILES string of the molecule is C[C@]12C=CC(=O)C=C1CC[C@H]1[C@H]2[C@@H](O)C[C@@]2(C)[C@@H]1CC[C@]2(O)C(=O)COC(=O)CCC(=O)NCc1ccncc1. The summed E-state index contributed by atoms with van der Waals surface area (Å²) in [7, 11) is 0. The number of pyridine rings is 1. The maximum Gasteiger partial charge on any atom is 0.306 e. The molecule has 3 saturated carbocycles. The lowest BCUT2D eigenvalue weighted by atomic mass is 9.46. The third-order valence-corrected chi connectivity index (χ3v) is 10.3. The van der Waals surface area contributed by atoms with Gasteiger partial charge in [-0.05, 0) is 73.8 Å². The van der Waals surface area contributed by atoms with Gasteiger partial charge in [0.25, 0.3) is 0 Å². The zero-order valence-electron chi connectivity index (χ0n) is 23.1. The van der Waals surface area contributed by atoms with Crippen LogP contribution in [-0.2, 0) is 30.5 Å². The Morgan fingerprint density at radius 3 is 2.65 bits per heavy atom. The van der Waals surface area contributed by atoms with Crippen molar-refractivity contribution in [3.05, 3.63) is 53.9 Å². The Balaban J connectivity index is 1.18. The predicted octanol–water partition coefficient (Wildman–Crippen LogP) is 2.60. The molecule has 3 N–H and O–H groups in total. The van der Waals surface area contributed by atoms with Crippen LogP contribution in [-0.4, -0.2) is 57.0 Å². The highest BCUT2D eigenvalue weighted by atomic mass is 16.5. The average molecular weight is 551 g/mol. The topological polar surface area (TPSA) is 143 Å². The van der Waals surface area contributed by atoms with Crippen LogP contribution in [0.15, 0.2) is 48.3 Å². The molecular weight excluding hydrogens is 512 g/mol. The molecule has 0 bridgehead atoms. The van der Waals surface area contributed by atoms with Crippen molar-refractivity contribution in [1.82, 2.24) is 10.3 Å². The van der Waals surface area contributed by atoms with Crippen molar-refractivity contribution in [2.75, 3.05) is 6.61 Å². The summed E-state index contributed by atoms with van der Waals surface area (Å²) in [6, 6.07) is 3.56. The van der Waals surface area contributed by atoms with E-state index in [1.807, 2.05) is 13.0 Å². The number of esters is 1. The number of allylic oxidation sites excluding steroid dienone is 4. The van der Waals surface area contributed by atoms with Gasteiger partial charge in [0.2, 0.25) is 11.7 Å². The summed E-state index contributed by atoms with van der Waals surface area (Å²) < 4.78 is 5.20. The van der Waals surface area contributed by atoms with Crippen molar-refractivity contribution in [2.45, 2.75) is 77.0 Å². The molecule has 9 nitrogen and oxygen atoms in total. The van der Waals surface area contributed by atoms with E-state index in [2.05, 4.69) is 17.2 Å². The molecule has 214 valence electrons. The summed E-state index contributed by atoms with van der Waals surface area (Å²) in [5, 5.41) is 26.0. The molecule has 1 aromatic rings. The number of nitrogens with one attached hydrogen (secondary N) is 1. The van der Waals surface area contributed by atoms with Crippen LogP contribution in [0.4, 0.5) is 0 Å². The molecule has 0 spiro atoms. The average Bonchev–Trinajstić information content (AvgIpc) is 3.20. The molecule has 0 radical (unpaired) electrons. The van der Waals surface area contributed by atoms with Gasteiger partial charge in [-0.3, -0.25) is 24.2 Å². The number of nitrogens with zero attached hydrogens (tertiary/aromatic N) is 1. The van der Waals surface area contributed by atoms with E-state index in [9.17, 15) is 29.4 Å². The normalized spacial score (nSPS) is 36.1. The van der Waals surface area contributed by atoms with Crippen molar-refractivity contribution in [3.8, 4) is 0 Å². The molecule has 3 fully saturated rings. The Morgan fingerprint density at radius 1 is 1.15 bits per heavy atom. The number of ketones is 2. The van der Waals surface area contributed by atoms with Crippen molar-refractivity contribution in [3.63, 3.8) is 0 Å². The van der Waals surface area contributed by atoms with Gasteiger partial charge in [0.15, 0.2) is 12.4 Å². The monoisotopic (exact) mass is 550 g/mol. The zero-order chi connectivity index (χ0) is 28.7. The molecular formula is C31H38N2O7. The first kappa shape index (κ1) is 28.4. The van der Waals surface area contributed by atoms with Gasteiger partial charge in [0.1, 0.15) is 5.60 Å². The van der Waals surface area contributed by atoms with Crippen LogP contribution in [0, 0.1) is 28.6 Å². The highest BCUT2D eigenvalue weighted by Gasteiger charge is 2.68. The van der Waals surface area contributed by atoms with Gasteiger partial charge in [-0.1, -0.05) is 25.5 Å². The van der Waals surface area contributed by atoms with Crippen LogP contribution >= 0.6 is 0 Å². The van der Waals surface area contributed by atoms with E-state index < -0.39 is 40.9 Å². The van der Waals surface area contributed by atoms with Crippen LogP contribution in [0.2, 0.25) is 0 Å². The molecule has 4 aliphatic carbocycles. The minimum atomic E-state index is -1.72. The minimum absolute atomic E-state index is 0.0130. The minimum Gasteiger partial charge on any atom is -0.458 e. The number of hydrogen-bond donors (Lipinski definition) is 3. The maximum absolute atomic E-state index is 13.4. The molecule has 0 saturated heterocycles. The van der Waals surface area contributed by atoms with Crippen LogP contribution < -0.4 is 5.32 Å². The number of amides is 1. The molecule has 1 aromatic heterocycles. The summed E-state index contributed by atoms with van der Waals surface area (Å²) >= 11 is 0. The number of carbonyl (C=O) groups excluding carboxylic acids is 4. The first-order valence-corrected chi connectivity index (χ1v) is 14.2. The van der Waals surface area contributed by atoms with E-state index >= 15 is 0 Å². The van der Waals surface area contributed by atoms with Gasteiger partial charge in [-0.2, -0.15) is 0 Å². The molecule has 0 unspecified atom stereocenters. The van der Waals surface area contributed by atoms with Gasteiger partial charge in [0, 0.05) is 42.1 Å². The third-order valence-electron chi connectivity index (χ3n) is 10.3. The van der Waals surface area contributed by atoms with Crippen molar-refractivity contribution >= 4 is 23.4 Å². The zero-order valence-corrected chi connectivity index (χ0v) is 23.1. The van der Waals surface area contributed by atoms with E-state index in [0.29, 0.717) is 13.0 Å². The third kappa shape index (κ3) is 4.83. The smallest absolute Gasteiger partial charge is 0.306 e. The lowest BCUT2D eigenvalue weighted by Crippen LogP contribution is -2.61. The van der Waals surface area contributed by atoms with Crippen LogP contribution in [0.5, 0.6) is 0 Å². The highest BCUT2D eigenvalue weighted by molar-refractivity contribution is 6.01. The molecule has 0 aromatic carbocycles. The second-order valence-corrected chi connectivity index (χ2v) is 12.3. The number of Topliss-reactive ketones (excluding diaryl/α,β-unsaturated/α-hetero) is 1. The number of ether oxygens (including phenoxy) is 1. The fraction of sp³-hybridized carbons (Fsp3) is 0.581. The van der Waals surface area contributed by atoms with E-state index in [1.165, 1.54) is 0 Å². The number of aliphatic hydroxyl groups is 2. The molecule has 5 rings (SSSR count). The summed E-state index contributed by atoms with van der Waals surface area (Å²) in [6.07, 6.45) is 10.1. The Hall–Kier alpha value is -3.17. The summed E-state index contributed by atoms with van der Waals surface area (Å²) in [6.45, 7) is 3.71. The molecule has 9 heteroatoms. The van der Waals surface area contributed by atoms with Gasteiger partial charge >= 0.3 is 5.97 Å². The number of aliphatic hydroxyl groups excluding tert-OH is 1. The molecule has 4 aliphatic rings. The number of hydrogen-bond acceptors (Lipinski definition) is 8. The Kier molecular flexibility index (Phi) is 7.56. The summed E-state index contributed by atoms with van der Waals surface area (Å²) in [4.78, 5) is 53.7. The number of carbonyl (C=O) groups is 4. The predicted molar refractivity (Wildman–Crippen MR) is 144 cm³/mol. The van der Waals surface area contributed by atoms with Gasteiger partial charge < -0.3 is 20.3 Å². The molecule has 0 aliphatic heterocycles. The van der Waals surface area contributed by atoms with Crippen molar-refractivity contribution in [1.29, 1.82) is 0 Å². The van der Waals surface area contributed by atoms with Crippen LogP contribution in [0.3, 0.4) is 0 Å². The van der Waals surface area contributed by atoms with Crippen molar-refractivity contribution in [2.24, 2.45) is 28.6 Å². The number of rotatable bonds is 8. The van der Waals surface area contributed by atoms with E-state index in [0.717, 1.165) is 24.0 Å². The quantitative estimate of drug-likeness (QED) is 0.419. The van der Waals surface area contributed by atoms with Crippen LogP contribution in [0.1, 0.15) is 64.4 Å². The molecule has 40 heavy (non-hydrogen) atoms. The van der Waals surface area contributed by atoms with E-state index in [1.54, 1.807) is 36.7 Å². The van der Waals surface area contributed by atoms with E-state index in [4.69, 9.17) is 4.74 Å². The molecule has 1 heterocycles. The summed E-state index contributed by atoms with van der Waals surface area (Å²) in [5.74, 6) is -1.59. The maximum atomic E-state index is 13.4. The van der Waals surface area contributed by atoms with Gasteiger partial charge in [-0.25, -0.2) is 0 Å². The van der Waals surface area contributed by atoms with Crippen molar-refractivity contribution < 1.29 is 34.1 Å².